The SMILES string of the molecule is O=C(N1CCC[C@H]1CO)C1(c2ccc(F)cc2)CC1. The van der Waals surface area contributed by atoms with Crippen LogP contribution in [0.1, 0.15) is 31.2 Å². The van der Waals surface area contributed by atoms with Crippen LogP contribution in [0.5, 0.6) is 0 Å². The van der Waals surface area contributed by atoms with Gasteiger partial charge in [0.15, 0.2) is 0 Å². The summed E-state index contributed by atoms with van der Waals surface area (Å²) in [6.07, 6.45) is 3.48. The zero-order valence-corrected chi connectivity index (χ0v) is 10.8. The second-order valence-corrected chi connectivity index (χ2v) is 5.57. The summed E-state index contributed by atoms with van der Waals surface area (Å²) >= 11 is 0. The third-order valence-electron chi connectivity index (χ3n) is 4.40. The highest BCUT2D eigenvalue weighted by Gasteiger charge is 2.54. The average Bonchev–Trinajstić information content (AvgIpc) is 3.09. The monoisotopic (exact) mass is 263 g/mol. The largest absolute Gasteiger partial charge is 0.394 e. The van der Waals surface area contributed by atoms with E-state index in [1.807, 2.05) is 4.90 Å². The molecule has 1 aromatic rings. The highest BCUT2D eigenvalue weighted by molar-refractivity contribution is 5.91. The molecule has 1 saturated heterocycles. The van der Waals surface area contributed by atoms with Crippen molar-refractivity contribution in [2.75, 3.05) is 13.2 Å². The normalized spacial score (nSPS) is 24.5. The fourth-order valence-corrected chi connectivity index (χ4v) is 3.09. The summed E-state index contributed by atoms with van der Waals surface area (Å²) in [7, 11) is 0. The van der Waals surface area contributed by atoms with Gasteiger partial charge in [-0.25, -0.2) is 4.39 Å². The number of aliphatic hydroxyl groups is 1. The van der Waals surface area contributed by atoms with Crippen molar-refractivity contribution < 1.29 is 14.3 Å². The summed E-state index contributed by atoms with van der Waals surface area (Å²) in [5.74, 6) is -0.169. The van der Waals surface area contributed by atoms with Gasteiger partial charge in [-0.2, -0.15) is 0 Å². The molecule has 1 N–H and O–H groups in total. The second kappa shape index (κ2) is 4.60. The quantitative estimate of drug-likeness (QED) is 0.904. The number of hydrogen-bond donors (Lipinski definition) is 1. The Bertz CT molecular complexity index is 481. The van der Waals surface area contributed by atoms with Crippen molar-refractivity contribution in [2.45, 2.75) is 37.1 Å². The molecule has 0 bridgehead atoms. The molecule has 1 amide bonds. The van der Waals surface area contributed by atoms with Crippen molar-refractivity contribution in [1.82, 2.24) is 4.90 Å². The smallest absolute Gasteiger partial charge is 0.233 e. The number of hydrogen-bond acceptors (Lipinski definition) is 2. The third-order valence-corrected chi connectivity index (χ3v) is 4.40. The van der Waals surface area contributed by atoms with Crippen molar-refractivity contribution in [3.05, 3.63) is 35.6 Å². The van der Waals surface area contributed by atoms with Crippen LogP contribution < -0.4 is 0 Å². The number of halogens is 1. The highest BCUT2D eigenvalue weighted by Crippen LogP contribution is 2.50. The molecular formula is C15H18FNO2. The molecule has 0 spiro atoms. The number of benzene rings is 1. The summed E-state index contributed by atoms with van der Waals surface area (Å²) in [6.45, 7) is 0.762. The van der Waals surface area contributed by atoms with Gasteiger partial charge in [-0.05, 0) is 43.4 Å². The van der Waals surface area contributed by atoms with E-state index in [1.165, 1.54) is 12.1 Å². The lowest BCUT2D eigenvalue weighted by Gasteiger charge is -2.28. The molecular weight excluding hydrogens is 245 g/mol. The van der Waals surface area contributed by atoms with Gasteiger partial charge in [-0.3, -0.25) is 4.79 Å². The van der Waals surface area contributed by atoms with Gasteiger partial charge in [0, 0.05) is 6.54 Å². The molecule has 3 rings (SSSR count). The fraction of sp³-hybridized carbons (Fsp3) is 0.533. The first-order chi connectivity index (χ1) is 9.17. The Hall–Kier alpha value is -1.42. The zero-order valence-electron chi connectivity index (χ0n) is 10.8. The molecule has 4 heteroatoms. The first-order valence-electron chi connectivity index (χ1n) is 6.85. The van der Waals surface area contributed by atoms with Crippen LogP contribution in [0.4, 0.5) is 4.39 Å². The van der Waals surface area contributed by atoms with Crippen LogP contribution in [0.3, 0.4) is 0 Å². The maximum Gasteiger partial charge on any atom is 0.233 e. The van der Waals surface area contributed by atoms with E-state index in [-0.39, 0.29) is 24.4 Å². The summed E-state index contributed by atoms with van der Waals surface area (Å²) in [5.41, 5.74) is 0.452. The highest BCUT2D eigenvalue weighted by atomic mass is 19.1. The number of aliphatic hydroxyl groups excluding tert-OH is 1. The number of carbonyl (C=O) groups excluding carboxylic acids is 1. The minimum Gasteiger partial charge on any atom is -0.394 e. The first kappa shape index (κ1) is 12.6. The van der Waals surface area contributed by atoms with E-state index >= 15 is 0 Å². The molecule has 0 radical (unpaired) electrons. The molecule has 19 heavy (non-hydrogen) atoms. The second-order valence-electron chi connectivity index (χ2n) is 5.57. The van der Waals surface area contributed by atoms with Crippen molar-refractivity contribution in [3.63, 3.8) is 0 Å². The lowest BCUT2D eigenvalue weighted by molar-refractivity contribution is -0.135. The minimum atomic E-state index is -0.453. The van der Waals surface area contributed by atoms with E-state index in [2.05, 4.69) is 0 Å². The lowest BCUT2D eigenvalue weighted by atomic mass is 9.94. The Morgan fingerprint density at radius 1 is 1.37 bits per heavy atom. The third kappa shape index (κ3) is 2.04. The molecule has 1 atom stereocenters. The molecule has 0 aromatic heterocycles. The van der Waals surface area contributed by atoms with Crippen molar-refractivity contribution in [3.8, 4) is 0 Å². The Balaban J connectivity index is 1.84. The van der Waals surface area contributed by atoms with E-state index in [9.17, 15) is 14.3 Å². The van der Waals surface area contributed by atoms with Gasteiger partial charge in [-0.15, -0.1) is 0 Å². The van der Waals surface area contributed by atoms with E-state index in [4.69, 9.17) is 0 Å². The summed E-state index contributed by atoms with van der Waals surface area (Å²) in [6, 6.07) is 6.21. The summed E-state index contributed by atoms with van der Waals surface area (Å²) in [5, 5.41) is 9.33. The van der Waals surface area contributed by atoms with Crippen LogP contribution in [0.25, 0.3) is 0 Å². The van der Waals surface area contributed by atoms with Crippen molar-refractivity contribution >= 4 is 5.91 Å². The fourth-order valence-electron chi connectivity index (χ4n) is 3.09. The number of carbonyl (C=O) groups is 1. The molecule has 102 valence electrons. The van der Waals surface area contributed by atoms with E-state index in [0.717, 1.165) is 37.8 Å². The van der Waals surface area contributed by atoms with Gasteiger partial charge < -0.3 is 10.0 Å². The van der Waals surface area contributed by atoms with Gasteiger partial charge in [0.1, 0.15) is 5.82 Å². The van der Waals surface area contributed by atoms with Crippen LogP contribution in [0.15, 0.2) is 24.3 Å². The van der Waals surface area contributed by atoms with Crippen molar-refractivity contribution in [1.29, 1.82) is 0 Å². The maximum absolute atomic E-state index is 13.0. The molecule has 2 fully saturated rings. The average molecular weight is 263 g/mol. The number of likely N-dealkylation sites (tertiary alicyclic amines) is 1. The van der Waals surface area contributed by atoms with Crippen LogP contribution in [-0.2, 0) is 10.2 Å². The van der Waals surface area contributed by atoms with E-state index < -0.39 is 5.41 Å². The Labute approximate surface area is 112 Å². The Morgan fingerprint density at radius 3 is 2.63 bits per heavy atom. The lowest BCUT2D eigenvalue weighted by Crippen LogP contribution is -2.43. The summed E-state index contributed by atoms with van der Waals surface area (Å²) < 4.78 is 13.0. The van der Waals surface area contributed by atoms with Gasteiger partial charge in [0.2, 0.25) is 5.91 Å². The summed E-state index contributed by atoms with van der Waals surface area (Å²) in [4.78, 5) is 14.5. The molecule has 1 saturated carbocycles. The molecule has 1 heterocycles. The molecule has 3 nitrogen and oxygen atoms in total. The molecule has 1 aliphatic heterocycles. The van der Waals surface area contributed by atoms with Gasteiger partial charge in [0.25, 0.3) is 0 Å². The van der Waals surface area contributed by atoms with E-state index in [0.29, 0.717) is 0 Å². The number of rotatable bonds is 3. The van der Waals surface area contributed by atoms with Crippen molar-refractivity contribution in [2.24, 2.45) is 0 Å². The predicted molar refractivity (Wildman–Crippen MR) is 69.1 cm³/mol. The van der Waals surface area contributed by atoms with Crippen LogP contribution in [0.2, 0.25) is 0 Å². The zero-order chi connectivity index (χ0) is 13.5. The number of nitrogens with zero attached hydrogens (tertiary/aromatic N) is 1. The van der Waals surface area contributed by atoms with Gasteiger partial charge in [-0.1, -0.05) is 12.1 Å². The standard InChI is InChI=1S/C15H18FNO2/c16-12-5-3-11(4-6-12)15(7-8-15)14(19)17-9-1-2-13(17)10-18/h3-6,13,18H,1-2,7-10H2/t13-/m0/s1. The Kier molecular flexibility index (Phi) is 3.05. The van der Waals surface area contributed by atoms with Gasteiger partial charge in [0.05, 0.1) is 18.1 Å². The van der Waals surface area contributed by atoms with E-state index in [1.54, 1.807) is 12.1 Å². The molecule has 1 aromatic carbocycles. The molecule has 2 aliphatic rings. The van der Waals surface area contributed by atoms with Crippen LogP contribution >= 0.6 is 0 Å². The van der Waals surface area contributed by atoms with Crippen LogP contribution in [0, 0.1) is 5.82 Å². The Morgan fingerprint density at radius 2 is 2.05 bits per heavy atom. The topological polar surface area (TPSA) is 40.5 Å². The predicted octanol–water partition coefficient (Wildman–Crippen LogP) is 1.84. The van der Waals surface area contributed by atoms with Crippen LogP contribution in [-0.4, -0.2) is 35.1 Å². The minimum absolute atomic E-state index is 0.0330. The maximum atomic E-state index is 13.0. The van der Waals surface area contributed by atoms with Gasteiger partial charge >= 0.3 is 0 Å². The number of amides is 1. The molecule has 0 unspecified atom stereocenters. The molecule has 1 aliphatic carbocycles. The first-order valence-corrected chi connectivity index (χ1v) is 6.85.